The summed E-state index contributed by atoms with van der Waals surface area (Å²) in [6.07, 6.45) is 0.817. The van der Waals surface area contributed by atoms with Gasteiger partial charge in [0.2, 0.25) is 5.95 Å². The van der Waals surface area contributed by atoms with E-state index in [2.05, 4.69) is 14.9 Å². The Balaban J connectivity index is 1.96. The molecule has 1 saturated heterocycles. The van der Waals surface area contributed by atoms with Crippen molar-refractivity contribution >= 4 is 11.9 Å². The number of anilines is 1. The Hall–Kier alpha value is -1.69. The van der Waals surface area contributed by atoms with E-state index in [1.165, 1.54) is 6.92 Å². The standard InChI is InChI=1S/C12H18N4O2/c1-9-3-4-13-12(14-9)16-7-5-15(6-8-16)11(18)10(2)17/h3-4,10,17H,5-8H2,1-2H3/t10-/m1/s1. The molecule has 1 fully saturated rings. The highest BCUT2D eigenvalue weighted by Crippen LogP contribution is 2.11. The number of hydrogen-bond donors (Lipinski definition) is 1. The van der Waals surface area contributed by atoms with Crippen LogP contribution < -0.4 is 4.90 Å². The van der Waals surface area contributed by atoms with E-state index in [9.17, 15) is 9.90 Å². The van der Waals surface area contributed by atoms with E-state index in [1.54, 1.807) is 11.1 Å². The number of amides is 1. The third-order valence-corrected chi connectivity index (χ3v) is 3.01. The molecule has 1 atom stereocenters. The number of carbonyl (C=O) groups excluding carboxylic acids is 1. The number of piperazine rings is 1. The van der Waals surface area contributed by atoms with Gasteiger partial charge >= 0.3 is 0 Å². The normalized spacial score (nSPS) is 17.7. The van der Waals surface area contributed by atoms with Crippen molar-refractivity contribution < 1.29 is 9.90 Å². The number of aromatic nitrogens is 2. The van der Waals surface area contributed by atoms with Crippen molar-refractivity contribution in [2.24, 2.45) is 0 Å². The molecule has 0 aliphatic carbocycles. The molecule has 2 rings (SSSR count). The van der Waals surface area contributed by atoms with Gasteiger partial charge in [-0.05, 0) is 19.9 Å². The lowest BCUT2D eigenvalue weighted by atomic mass is 10.2. The fourth-order valence-corrected chi connectivity index (χ4v) is 1.98. The van der Waals surface area contributed by atoms with Crippen LogP contribution in [-0.4, -0.2) is 58.2 Å². The molecule has 18 heavy (non-hydrogen) atoms. The van der Waals surface area contributed by atoms with Crippen LogP contribution in [0, 0.1) is 6.92 Å². The molecule has 6 nitrogen and oxygen atoms in total. The van der Waals surface area contributed by atoms with Gasteiger partial charge in [0, 0.05) is 38.1 Å². The molecule has 0 bridgehead atoms. The van der Waals surface area contributed by atoms with Crippen molar-refractivity contribution in [1.82, 2.24) is 14.9 Å². The van der Waals surface area contributed by atoms with Gasteiger partial charge < -0.3 is 14.9 Å². The van der Waals surface area contributed by atoms with Crippen LogP contribution in [0.3, 0.4) is 0 Å². The van der Waals surface area contributed by atoms with Gasteiger partial charge in [-0.15, -0.1) is 0 Å². The Labute approximate surface area is 106 Å². The fraction of sp³-hybridized carbons (Fsp3) is 0.583. The predicted octanol–water partition coefficient (Wildman–Crippen LogP) is -0.186. The number of hydrogen-bond acceptors (Lipinski definition) is 5. The third kappa shape index (κ3) is 2.76. The van der Waals surface area contributed by atoms with Crippen LogP contribution in [0.15, 0.2) is 12.3 Å². The van der Waals surface area contributed by atoms with Crippen LogP contribution in [0.4, 0.5) is 5.95 Å². The van der Waals surface area contributed by atoms with E-state index in [-0.39, 0.29) is 5.91 Å². The molecule has 98 valence electrons. The molecular formula is C12H18N4O2. The molecule has 0 unspecified atom stereocenters. The van der Waals surface area contributed by atoms with E-state index in [0.717, 1.165) is 5.69 Å². The lowest BCUT2D eigenvalue weighted by Crippen LogP contribution is -2.51. The third-order valence-electron chi connectivity index (χ3n) is 3.01. The van der Waals surface area contributed by atoms with Gasteiger partial charge in [-0.1, -0.05) is 0 Å². The second-order valence-electron chi connectivity index (χ2n) is 4.49. The van der Waals surface area contributed by atoms with E-state index in [0.29, 0.717) is 32.1 Å². The minimum atomic E-state index is -0.924. The van der Waals surface area contributed by atoms with Crippen LogP contribution in [0.2, 0.25) is 0 Å². The van der Waals surface area contributed by atoms with Crippen LogP contribution >= 0.6 is 0 Å². The first-order chi connectivity index (χ1) is 8.58. The lowest BCUT2D eigenvalue weighted by molar-refractivity contribution is -0.139. The Morgan fingerprint density at radius 1 is 1.39 bits per heavy atom. The highest BCUT2D eigenvalue weighted by atomic mass is 16.3. The van der Waals surface area contributed by atoms with Crippen LogP contribution in [-0.2, 0) is 4.79 Å². The largest absolute Gasteiger partial charge is 0.384 e. The molecular weight excluding hydrogens is 232 g/mol. The van der Waals surface area contributed by atoms with Crippen molar-refractivity contribution in [3.8, 4) is 0 Å². The summed E-state index contributed by atoms with van der Waals surface area (Å²) in [7, 11) is 0. The van der Waals surface area contributed by atoms with Gasteiger partial charge in [0.15, 0.2) is 0 Å². The van der Waals surface area contributed by atoms with Crippen LogP contribution in [0.5, 0.6) is 0 Å². The molecule has 2 heterocycles. The summed E-state index contributed by atoms with van der Waals surface area (Å²) in [5, 5.41) is 9.26. The van der Waals surface area contributed by atoms with Crippen molar-refractivity contribution in [3.63, 3.8) is 0 Å². The number of nitrogens with zero attached hydrogens (tertiary/aromatic N) is 4. The number of rotatable bonds is 2. The summed E-state index contributed by atoms with van der Waals surface area (Å²) in [6.45, 7) is 6.02. The molecule has 1 aliphatic rings. The lowest BCUT2D eigenvalue weighted by Gasteiger charge is -2.35. The first kappa shape index (κ1) is 12.8. The van der Waals surface area contributed by atoms with E-state index < -0.39 is 6.10 Å². The number of aryl methyl sites for hydroxylation is 1. The summed E-state index contributed by atoms with van der Waals surface area (Å²) in [4.78, 5) is 23.9. The van der Waals surface area contributed by atoms with Gasteiger partial charge in [-0.25, -0.2) is 9.97 Å². The molecule has 0 aromatic carbocycles. The van der Waals surface area contributed by atoms with Gasteiger partial charge in [-0.2, -0.15) is 0 Å². The van der Waals surface area contributed by atoms with Gasteiger partial charge in [0.05, 0.1) is 0 Å². The van der Waals surface area contributed by atoms with Crippen molar-refractivity contribution in [1.29, 1.82) is 0 Å². The molecule has 1 N–H and O–H groups in total. The Morgan fingerprint density at radius 2 is 2.06 bits per heavy atom. The zero-order valence-corrected chi connectivity index (χ0v) is 10.7. The molecule has 0 radical (unpaired) electrons. The first-order valence-electron chi connectivity index (χ1n) is 6.09. The molecule has 0 saturated carbocycles. The Morgan fingerprint density at radius 3 is 2.61 bits per heavy atom. The van der Waals surface area contributed by atoms with Gasteiger partial charge in [0.1, 0.15) is 6.10 Å². The van der Waals surface area contributed by atoms with E-state index in [1.807, 2.05) is 13.0 Å². The summed E-state index contributed by atoms with van der Waals surface area (Å²) in [6, 6.07) is 1.86. The maximum atomic E-state index is 11.6. The van der Waals surface area contributed by atoms with Crippen LogP contribution in [0.25, 0.3) is 0 Å². The second-order valence-corrected chi connectivity index (χ2v) is 4.49. The fourth-order valence-electron chi connectivity index (χ4n) is 1.98. The number of carbonyl (C=O) groups is 1. The Kier molecular flexibility index (Phi) is 3.76. The Bertz CT molecular complexity index is 428. The molecule has 1 aromatic rings. The maximum absolute atomic E-state index is 11.6. The zero-order valence-electron chi connectivity index (χ0n) is 10.7. The highest BCUT2D eigenvalue weighted by molar-refractivity contribution is 5.80. The number of aliphatic hydroxyl groups excluding tert-OH is 1. The number of aliphatic hydroxyl groups is 1. The maximum Gasteiger partial charge on any atom is 0.251 e. The second kappa shape index (κ2) is 5.30. The average molecular weight is 250 g/mol. The molecule has 1 aliphatic heterocycles. The summed E-state index contributed by atoms with van der Waals surface area (Å²) < 4.78 is 0. The monoisotopic (exact) mass is 250 g/mol. The van der Waals surface area contributed by atoms with Crippen LogP contribution in [0.1, 0.15) is 12.6 Å². The van der Waals surface area contributed by atoms with Crippen molar-refractivity contribution in [2.75, 3.05) is 31.1 Å². The SMILES string of the molecule is Cc1ccnc(N2CCN(C(=O)[C@@H](C)O)CC2)n1. The molecule has 1 amide bonds. The quantitative estimate of drug-likeness (QED) is 0.788. The average Bonchev–Trinajstić information content (AvgIpc) is 2.38. The molecule has 6 heteroatoms. The highest BCUT2D eigenvalue weighted by Gasteiger charge is 2.24. The molecule has 0 spiro atoms. The topological polar surface area (TPSA) is 69.6 Å². The summed E-state index contributed by atoms with van der Waals surface area (Å²) >= 11 is 0. The summed E-state index contributed by atoms with van der Waals surface area (Å²) in [5.74, 6) is 0.499. The van der Waals surface area contributed by atoms with Crippen molar-refractivity contribution in [2.45, 2.75) is 20.0 Å². The first-order valence-corrected chi connectivity index (χ1v) is 6.09. The minimum Gasteiger partial charge on any atom is -0.384 e. The van der Waals surface area contributed by atoms with Gasteiger partial charge in [-0.3, -0.25) is 4.79 Å². The van der Waals surface area contributed by atoms with E-state index in [4.69, 9.17) is 0 Å². The smallest absolute Gasteiger partial charge is 0.251 e. The zero-order chi connectivity index (χ0) is 13.1. The van der Waals surface area contributed by atoms with Crippen molar-refractivity contribution in [3.05, 3.63) is 18.0 Å². The molecule has 1 aromatic heterocycles. The van der Waals surface area contributed by atoms with Gasteiger partial charge in [0.25, 0.3) is 5.91 Å². The predicted molar refractivity (Wildman–Crippen MR) is 67.2 cm³/mol. The summed E-state index contributed by atoms with van der Waals surface area (Å²) in [5.41, 5.74) is 0.933. The minimum absolute atomic E-state index is 0.209. The van der Waals surface area contributed by atoms with E-state index >= 15 is 0 Å².